The Kier molecular flexibility index (Phi) is 2.19. The van der Waals surface area contributed by atoms with Crippen LogP contribution in [0.1, 0.15) is 11.4 Å². The second-order valence-corrected chi connectivity index (χ2v) is 4.04. The third-order valence-electron chi connectivity index (χ3n) is 2.86. The highest BCUT2D eigenvalue weighted by Crippen LogP contribution is 2.28. The van der Waals surface area contributed by atoms with E-state index in [0.29, 0.717) is 13.0 Å². The number of nitrogens with one attached hydrogen (secondary N) is 2. The van der Waals surface area contributed by atoms with E-state index in [1.54, 1.807) is 6.20 Å². The second-order valence-electron chi connectivity index (χ2n) is 4.04. The minimum Gasteiger partial charge on any atom is -0.341 e. The van der Waals surface area contributed by atoms with Crippen molar-refractivity contribution in [2.45, 2.75) is 13.0 Å². The first-order valence-corrected chi connectivity index (χ1v) is 5.43. The number of H-pyrrole nitrogens is 1. The van der Waals surface area contributed by atoms with Gasteiger partial charge in [0, 0.05) is 5.69 Å². The van der Waals surface area contributed by atoms with Crippen molar-refractivity contribution in [1.82, 2.24) is 9.97 Å². The van der Waals surface area contributed by atoms with Gasteiger partial charge in [0.1, 0.15) is 5.82 Å². The number of hydrogen-bond acceptors (Lipinski definition) is 3. The third kappa shape index (κ3) is 1.70. The van der Waals surface area contributed by atoms with Gasteiger partial charge < -0.3 is 16.0 Å². The first-order chi connectivity index (χ1) is 8.26. The van der Waals surface area contributed by atoms with Crippen LogP contribution < -0.4 is 11.1 Å². The molecule has 0 unspecified atom stereocenters. The zero-order valence-electron chi connectivity index (χ0n) is 9.16. The Morgan fingerprint density at radius 3 is 3.06 bits per heavy atom. The van der Waals surface area contributed by atoms with Crippen LogP contribution in [0.15, 0.2) is 24.4 Å². The summed E-state index contributed by atoms with van der Waals surface area (Å²) in [5.41, 5.74) is 9.37. The molecule has 1 amide bonds. The zero-order valence-corrected chi connectivity index (χ0v) is 9.16. The van der Waals surface area contributed by atoms with Crippen LogP contribution in [0.3, 0.4) is 0 Å². The van der Waals surface area contributed by atoms with E-state index in [4.69, 9.17) is 5.73 Å². The summed E-state index contributed by atoms with van der Waals surface area (Å²) in [7, 11) is 0. The van der Waals surface area contributed by atoms with E-state index < -0.39 is 0 Å². The Bertz CT molecular complexity index is 588. The molecule has 0 saturated heterocycles. The van der Waals surface area contributed by atoms with Crippen LogP contribution in [-0.4, -0.2) is 15.9 Å². The van der Waals surface area contributed by atoms with Gasteiger partial charge in [-0.05, 0) is 23.3 Å². The summed E-state index contributed by atoms with van der Waals surface area (Å²) in [5, 5.41) is 2.81. The van der Waals surface area contributed by atoms with E-state index in [0.717, 1.165) is 28.3 Å². The maximum Gasteiger partial charge on any atom is 0.228 e. The van der Waals surface area contributed by atoms with Crippen molar-refractivity contribution in [3.05, 3.63) is 35.8 Å². The number of amides is 1. The Hall–Kier alpha value is -2.14. The Morgan fingerprint density at radius 1 is 1.41 bits per heavy atom. The summed E-state index contributed by atoms with van der Waals surface area (Å²) in [6, 6.07) is 5.87. The van der Waals surface area contributed by atoms with Crippen LogP contribution in [0.4, 0.5) is 5.69 Å². The number of carbonyl (C=O) groups is 1. The third-order valence-corrected chi connectivity index (χ3v) is 2.86. The Balaban J connectivity index is 1.99. The van der Waals surface area contributed by atoms with Gasteiger partial charge in [0.15, 0.2) is 0 Å². The molecule has 0 bridgehead atoms. The van der Waals surface area contributed by atoms with Crippen LogP contribution in [0.25, 0.3) is 11.3 Å². The molecule has 5 nitrogen and oxygen atoms in total. The fourth-order valence-electron chi connectivity index (χ4n) is 2.01. The number of fused-ring (bicyclic) bond motifs is 1. The number of aromatic nitrogens is 2. The maximum atomic E-state index is 11.3. The number of benzene rings is 1. The van der Waals surface area contributed by atoms with E-state index in [2.05, 4.69) is 15.3 Å². The van der Waals surface area contributed by atoms with Gasteiger partial charge in [-0.2, -0.15) is 0 Å². The van der Waals surface area contributed by atoms with Crippen molar-refractivity contribution in [3.63, 3.8) is 0 Å². The van der Waals surface area contributed by atoms with Crippen molar-refractivity contribution in [2.75, 3.05) is 5.32 Å². The van der Waals surface area contributed by atoms with Gasteiger partial charge in [0.2, 0.25) is 5.91 Å². The van der Waals surface area contributed by atoms with Crippen LogP contribution >= 0.6 is 0 Å². The molecule has 0 radical (unpaired) electrons. The molecule has 3 rings (SSSR count). The molecule has 1 aromatic heterocycles. The molecule has 4 N–H and O–H groups in total. The highest BCUT2D eigenvalue weighted by Gasteiger charge is 2.17. The molecular formula is C12H12N4O. The van der Waals surface area contributed by atoms with Gasteiger partial charge >= 0.3 is 0 Å². The normalized spacial score (nSPS) is 13.6. The highest BCUT2D eigenvalue weighted by molar-refractivity contribution is 5.99. The number of hydrogen-bond donors (Lipinski definition) is 3. The van der Waals surface area contributed by atoms with E-state index in [1.807, 2.05) is 18.2 Å². The minimum absolute atomic E-state index is 0.0457. The topological polar surface area (TPSA) is 83.8 Å². The van der Waals surface area contributed by atoms with Crippen LogP contribution in [-0.2, 0) is 17.8 Å². The molecule has 1 aromatic carbocycles. The lowest BCUT2D eigenvalue weighted by Crippen LogP contribution is -2.03. The molecular weight excluding hydrogens is 216 g/mol. The van der Waals surface area contributed by atoms with Gasteiger partial charge in [-0.1, -0.05) is 6.07 Å². The monoisotopic (exact) mass is 228 g/mol. The molecule has 86 valence electrons. The summed E-state index contributed by atoms with van der Waals surface area (Å²) < 4.78 is 0. The van der Waals surface area contributed by atoms with E-state index >= 15 is 0 Å². The number of carbonyl (C=O) groups excluding carboxylic acids is 1. The van der Waals surface area contributed by atoms with E-state index in [9.17, 15) is 4.79 Å². The van der Waals surface area contributed by atoms with Crippen LogP contribution in [0.2, 0.25) is 0 Å². The lowest BCUT2D eigenvalue weighted by molar-refractivity contribution is -0.115. The van der Waals surface area contributed by atoms with Crippen molar-refractivity contribution in [2.24, 2.45) is 5.73 Å². The molecule has 2 heterocycles. The molecule has 0 fully saturated rings. The number of nitrogens with two attached hydrogens (primary N) is 1. The predicted molar refractivity (Wildman–Crippen MR) is 64.2 cm³/mol. The summed E-state index contributed by atoms with van der Waals surface area (Å²) in [5.74, 6) is 0.805. The average molecular weight is 228 g/mol. The number of imidazole rings is 1. The largest absolute Gasteiger partial charge is 0.341 e. The molecule has 0 atom stereocenters. The number of nitrogens with zero attached hydrogens (tertiary/aromatic N) is 1. The van der Waals surface area contributed by atoms with Crippen molar-refractivity contribution >= 4 is 11.6 Å². The van der Waals surface area contributed by atoms with Gasteiger partial charge in [-0.3, -0.25) is 4.79 Å². The lowest BCUT2D eigenvalue weighted by atomic mass is 10.1. The smallest absolute Gasteiger partial charge is 0.228 e. The number of aromatic amines is 1. The predicted octanol–water partition coefficient (Wildman–Crippen LogP) is 1.03. The number of rotatable bonds is 2. The van der Waals surface area contributed by atoms with Gasteiger partial charge in [-0.25, -0.2) is 4.98 Å². The standard InChI is InChI=1S/C12H12N4O/c13-5-11-14-6-10(15-11)7-1-2-9-8(3-7)4-12(17)16-9/h1-3,6H,4-5,13H2,(H,14,15)(H,16,17). The Morgan fingerprint density at radius 2 is 2.29 bits per heavy atom. The minimum atomic E-state index is 0.0457. The van der Waals surface area contributed by atoms with E-state index in [1.165, 1.54) is 0 Å². The fraction of sp³-hybridized carbons (Fsp3) is 0.167. The zero-order chi connectivity index (χ0) is 11.8. The number of anilines is 1. The molecule has 1 aliphatic heterocycles. The molecule has 1 aliphatic rings. The lowest BCUT2D eigenvalue weighted by Gasteiger charge is -2.01. The van der Waals surface area contributed by atoms with Gasteiger partial charge in [0.05, 0.1) is 24.9 Å². The average Bonchev–Trinajstić information content (AvgIpc) is 2.92. The molecule has 0 saturated carbocycles. The summed E-state index contributed by atoms with van der Waals surface area (Å²) in [6.45, 7) is 0.394. The maximum absolute atomic E-state index is 11.3. The fourth-order valence-corrected chi connectivity index (χ4v) is 2.01. The highest BCUT2D eigenvalue weighted by atomic mass is 16.1. The Labute approximate surface area is 98.1 Å². The molecule has 17 heavy (non-hydrogen) atoms. The first kappa shape index (κ1) is 10.0. The van der Waals surface area contributed by atoms with Crippen molar-refractivity contribution in [1.29, 1.82) is 0 Å². The van der Waals surface area contributed by atoms with Crippen LogP contribution in [0.5, 0.6) is 0 Å². The summed E-state index contributed by atoms with van der Waals surface area (Å²) in [6.07, 6.45) is 2.20. The SMILES string of the molecule is NCc1ncc(-c2ccc3c(c2)CC(=O)N3)[nH]1. The van der Waals surface area contributed by atoms with Crippen molar-refractivity contribution < 1.29 is 4.79 Å². The van der Waals surface area contributed by atoms with Gasteiger partial charge in [-0.15, -0.1) is 0 Å². The molecule has 5 heteroatoms. The molecule has 0 spiro atoms. The first-order valence-electron chi connectivity index (χ1n) is 5.43. The van der Waals surface area contributed by atoms with Crippen molar-refractivity contribution in [3.8, 4) is 11.3 Å². The van der Waals surface area contributed by atoms with Gasteiger partial charge in [0.25, 0.3) is 0 Å². The van der Waals surface area contributed by atoms with E-state index in [-0.39, 0.29) is 5.91 Å². The van der Waals surface area contributed by atoms with Crippen LogP contribution in [0, 0.1) is 0 Å². The summed E-state index contributed by atoms with van der Waals surface area (Å²) >= 11 is 0. The quantitative estimate of drug-likeness (QED) is 0.717. The molecule has 2 aromatic rings. The molecule has 0 aliphatic carbocycles. The summed E-state index contributed by atoms with van der Waals surface area (Å²) in [4.78, 5) is 18.5. The second kappa shape index (κ2) is 3.71.